The average Bonchev–Trinajstić information content (AvgIpc) is 1.01. The summed E-state index contributed by atoms with van der Waals surface area (Å²) in [6, 6.07) is -0.822. The van der Waals surface area contributed by atoms with E-state index in [4.69, 9.17) is 9.47 Å². The molecule has 0 aliphatic carbocycles. The predicted molar refractivity (Wildman–Crippen MR) is 401 cm³/mol. The van der Waals surface area contributed by atoms with Crippen LogP contribution in [-0.4, -0.2) is 87.5 Å². The lowest BCUT2D eigenvalue weighted by atomic mass is 9.99. The van der Waals surface area contributed by atoms with Crippen LogP contribution in [0.4, 0.5) is 0 Å². The van der Waals surface area contributed by atoms with Crippen molar-refractivity contribution in [3.63, 3.8) is 0 Å². The number of carbonyl (C=O) groups is 1. The zero-order valence-corrected chi connectivity index (χ0v) is 62.0. The number of carbonyl (C=O) groups excluding carboxylic acids is 1. The van der Waals surface area contributed by atoms with Crippen LogP contribution in [0.25, 0.3) is 0 Å². The monoisotopic (exact) mass is 1310 g/mol. The molecular weight excluding hydrogens is 1150 g/mol. The number of hydrogen-bond donors (Lipinski definition) is 6. The number of amides is 1. The van der Waals surface area contributed by atoms with Crippen molar-refractivity contribution in [1.29, 1.82) is 0 Å². The highest BCUT2D eigenvalue weighted by Gasteiger charge is 2.44. The van der Waals surface area contributed by atoms with E-state index in [9.17, 15) is 30.3 Å². The van der Waals surface area contributed by atoms with Gasteiger partial charge in [0.1, 0.15) is 24.4 Å². The summed E-state index contributed by atoms with van der Waals surface area (Å²) >= 11 is 0. The molecule has 1 heterocycles. The minimum atomic E-state index is -1.57. The number of nitrogens with one attached hydrogen (secondary N) is 1. The number of hydrogen-bond acceptors (Lipinski definition) is 8. The van der Waals surface area contributed by atoms with Gasteiger partial charge in [-0.2, -0.15) is 0 Å². The molecule has 93 heavy (non-hydrogen) atoms. The Bertz CT molecular complexity index is 1570. The van der Waals surface area contributed by atoms with Crippen molar-refractivity contribution in [2.75, 3.05) is 13.2 Å². The van der Waals surface area contributed by atoms with Crippen LogP contribution < -0.4 is 5.32 Å². The molecule has 1 fully saturated rings. The van der Waals surface area contributed by atoms with Crippen molar-refractivity contribution >= 4 is 5.91 Å². The van der Waals surface area contributed by atoms with Gasteiger partial charge < -0.3 is 40.3 Å². The van der Waals surface area contributed by atoms with Crippen LogP contribution in [0, 0.1) is 0 Å². The quantitative estimate of drug-likeness (QED) is 0.0261. The summed E-state index contributed by atoms with van der Waals surface area (Å²) in [5, 5.41) is 54.9. The first kappa shape index (κ1) is 89.4. The standard InChI is InChI=1S/C84H161NO8/c1-3-5-7-9-11-13-15-17-19-21-23-25-27-29-31-33-35-37-38-39-40-42-44-46-48-50-52-54-56-58-60-62-64-66-68-70-72-74-80(88)85-77(76-92-84-83(91)82(90)81(89)79(75-86)93-84)78(87)73-71-69-67-65-63-61-59-57-55-53-51-49-47-45-43-41-36-34-32-30-28-26-24-22-20-18-16-14-12-10-8-6-4-2/h21,23,63,65,71,73,77-79,81-84,86-87,89-91H,3-20,22,24-62,64,66-70,72,74-76H2,1-2H3,(H,85,88)/b23-21-,65-63+,73-71+. The first-order valence-corrected chi connectivity index (χ1v) is 41.7. The Balaban J connectivity index is 2.06. The maximum absolute atomic E-state index is 13.2. The molecule has 0 spiro atoms. The van der Waals surface area contributed by atoms with E-state index in [2.05, 4.69) is 43.5 Å². The van der Waals surface area contributed by atoms with E-state index in [0.717, 1.165) is 38.5 Å². The summed E-state index contributed by atoms with van der Waals surface area (Å²) in [6.07, 6.45) is 93.2. The Morgan fingerprint density at radius 1 is 0.355 bits per heavy atom. The van der Waals surface area contributed by atoms with Gasteiger partial charge in [0.2, 0.25) is 5.91 Å². The number of aliphatic hydroxyl groups excluding tert-OH is 5. The van der Waals surface area contributed by atoms with Crippen LogP contribution in [0.2, 0.25) is 0 Å². The van der Waals surface area contributed by atoms with E-state index in [1.54, 1.807) is 6.08 Å². The van der Waals surface area contributed by atoms with E-state index in [1.807, 2.05) is 6.08 Å². The number of unbranched alkanes of at least 4 members (excludes halogenated alkanes) is 61. The van der Waals surface area contributed by atoms with Gasteiger partial charge in [0.05, 0.1) is 25.4 Å². The highest BCUT2D eigenvalue weighted by atomic mass is 16.7. The minimum absolute atomic E-state index is 0.177. The smallest absolute Gasteiger partial charge is 0.220 e. The third-order valence-corrected chi connectivity index (χ3v) is 20.2. The maximum Gasteiger partial charge on any atom is 0.220 e. The van der Waals surface area contributed by atoms with Gasteiger partial charge in [0.25, 0.3) is 0 Å². The minimum Gasteiger partial charge on any atom is -0.394 e. The number of aliphatic hydroxyl groups is 5. The first-order chi connectivity index (χ1) is 45.8. The molecule has 0 aromatic carbocycles. The second-order valence-electron chi connectivity index (χ2n) is 29.3. The third-order valence-electron chi connectivity index (χ3n) is 20.2. The van der Waals surface area contributed by atoms with Gasteiger partial charge in [-0.3, -0.25) is 4.79 Å². The van der Waals surface area contributed by atoms with Crippen molar-refractivity contribution in [1.82, 2.24) is 5.32 Å². The predicted octanol–water partition coefficient (Wildman–Crippen LogP) is 24.1. The van der Waals surface area contributed by atoms with Crippen molar-refractivity contribution in [2.45, 2.75) is 480 Å². The van der Waals surface area contributed by atoms with Crippen LogP contribution >= 0.6 is 0 Å². The lowest BCUT2D eigenvalue weighted by molar-refractivity contribution is -0.302. The van der Waals surface area contributed by atoms with Crippen LogP contribution in [0.1, 0.15) is 438 Å². The summed E-state index contributed by atoms with van der Waals surface area (Å²) in [5.74, 6) is -0.177. The van der Waals surface area contributed by atoms with Gasteiger partial charge in [0, 0.05) is 6.42 Å². The van der Waals surface area contributed by atoms with E-state index in [-0.39, 0.29) is 12.5 Å². The van der Waals surface area contributed by atoms with Crippen LogP contribution in [0.15, 0.2) is 36.5 Å². The Morgan fingerprint density at radius 2 is 0.613 bits per heavy atom. The fourth-order valence-electron chi connectivity index (χ4n) is 13.7. The molecule has 0 radical (unpaired) electrons. The molecule has 1 aliphatic heterocycles. The van der Waals surface area contributed by atoms with Gasteiger partial charge in [-0.15, -0.1) is 0 Å². The Morgan fingerprint density at radius 3 is 0.903 bits per heavy atom. The molecule has 6 N–H and O–H groups in total. The summed E-state index contributed by atoms with van der Waals surface area (Å²) in [7, 11) is 0. The molecule has 0 saturated carbocycles. The van der Waals surface area contributed by atoms with Gasteiger partial charge in [-0.05, 0) is 57.8 Å². The third kappa shape index (κ3) is 61.3. The summed E-state index contributed by atoms with van der Waals surface area (Å²) in [4.78, 5) is 13.2. The lowest BCUT2D eigenvalue weighted by Gasteiger charge is -2.40. The number of allylic oxidation sites excluding steroid dienone is 5. The zero-order chi connectivity index (χ0) is 67.1. The fourth-order valence-corrected chi connectivity index (χ4v) is 13.7. The van der Waals surface area contributed by atoms with Gasteiger partial charge in [-0.1, -0.05) is 410 Å². The number of ether oxygens (including phenoxy) is 2. The molecule has 1 saturated heterocycles. The molecule has 550 valence electrons. The molecule has 1 aliphatic rings. The highest BCUT2D eigenvalue weighted by molar-refractivity contribution is 5.76. The molecule has 7 atom stereocenters. The van der Waals surface area contributed by atoms with Crippen LogP contribution in [-0.2, 0) is 14.3 Å². The van der Waals surface area contributed by atoms with Crippen molar-refractivity contribution in [3.8, 4) is 0 Å². The maximum atomic E-state index is 13.2. The lowest BCUT2D eigenvalue weighted by Crippen LogP contribution is -2.60. The van der Waals surface area contributed by atoms with Crippen LogP contribution in [0.3, 0.4) is 0 Å². The summed E-state index contributed by atoms with van der Waals surface area (Å²) in [5.41, 5.74) is 0. The summed E-state index contributed by atoms with van der Waals surface area (Å²) < 4.78 is 11.3. The topological polar surface area (TPSA) is 149 Å². The van der Waals surface area contributed by atoms with Gasteiger partial charge >= 0.3 is 0 Å². The second-order valence-corrected chi connectivity index (χ2v) is 29.3. The van der Waals surface area contributed by atoms with E-state index in [1.165, 1.54) is 379 Å². The Kier molecular flexibility index (Phi) is 70.3. The second kappa shape index (κ2) is 73.1. The molecule has 1 rings (SSSR count). The van der Waals surface area contributed by atoms with Crippen LogP contribution in [0.5, 0.6) is 0 Å². The number of rotatable bonds is 75. The summed E-state index contributed by atoms with van der Waals surface area (Å²) in [6.45, 7) is 3.83. The Labute approximate surface area is 578 Å². The zero-order valence-electron chi connectivity index (χ0n) is 62.0. The largest absolute Gasteiger partial charge is 0.394 e. The molecule has 9 heteroatoms. The Hall–Kier alpha value is -1.59. The molecule has 1 amide bonds. The molecule has 7 unspecified atom stereocenters. The molecule has 9 nitrogen and oxygen atoms in total. The van der Waals surface area contributed by atoms with Crippen molar-refractivity contribution in [3.05, 3.63) is 36.5 Å². The van der Waals surface area contributed by atoms with Gasteiger partial charge in [0.15, 0.2) is 6.29 Å². The molecular formula is C84H161NO8. The van der Waals surface area contributed by atoms with Crippen molar-refractivity contribution < 1.29 is 39.8 Å². The van der Waals surface area contributed by atoms with E-state index < -0.39 is 49.5 Å². The normalized spacial score (nSPS) is 17.7. The highest BCUT2D eigenvalue weighted by Crippen LogP contribution is 2.24. The molecule has 0 aromatic heterocycles. The fraction of sp³-hybridized carbons (Fsp3) is 0.917. The average molecular weight is 1310 g/mol. The molecule has 0 aromatic rings. The van der Waals surface area contributed by atoms with E-state index >= 15 is 0 Å². The molecule has 0 bridgehead atoms. The SMILES string of the molecule is CCCCCCCCCC/C=C\CCCCCCCCCCCCCCCCCCCCCCCCCCCC(=O)NC(COC1OC(CO)C(O)C(O)C1O)C(O)/C=C/CC/C=C/CCCCCCCCCCCCCCCCCCCCCCCCCCCCC. The first-order valence-electron chi connectivity index (χ1n) is 41.7. The van der Waals surface area contributed by atoms with Gasteiger partial charge in [-0.25, -0.2) is 0 Å². The van der Waals surface area contributed by atoms with Crippen molar-refractivity contribution in [2.24, 2.45) is 0 Å². The van der Waals surface area contributed by atoms with E-state index in [0.29, 0.717) is 6.42 Å².